The highest BCUT2D eigenvalue weighted by molar-refractivity contribution is 5.16. The summed E-state index contributed by atoms with van der Waals surface area (Å²) in [6.45, 7) is 1.72. The predicted octanol–water partition coefficient (Wildman–Crippen LogP) is 2.03. The van der Waals surface area contributed by atoms with E-state index >= 15 is 0 Å². The Morgan fingerprint density at radius 3 is 3.13 bits per heavy atom. The molecule has 1 aromatic heterocycles. The van der Waals surface area contributed by atoms with Crippen molar-refractivity contribution in [3.63, 3.8) is 0 Å². The van der Waals surface area contributed by atoms with E-state index in [4.69, 9.17) is 9.47 Å². The molecule has 2 bridgehead atoms. The highest BCUT2D eigenvalue weighted by Gasteiger charge is 2.48. The summed E-state index contributed by atoms with van der Waals surface area (Å²) < 4.78 is 11.3. The molecule has 0 aromatic carbocycles. The molecule has 0 atom stereocenters. The van der Waals surface area contributed by atoms with Gasteiger partial charge >= 0.3 is 0 Å². The van der Waals surface area contributed by atoms with Crippen LogP contribution in [0.1, 0.15) is 19.3 Å². The van der Waals surface area contributed by atoms with E-state index in [1.807, 2.05) is 12.1 Å². The van der Waals surface area contributed by atoms with E-state index in [9.17, 15) is 0 Å². The minimum Gasteiger partial charge on any atom is -0.491 e. The third kappa shape index (κ3) is 1.72. The number of aromatic nitrogens is 1. The van der Waals surface area contributed by atoms with Crippen molar-refractivity contribution in [2.45, 2.75) is 25.4 Å². The number of rotatable bonds is 3. The number of fused-ring (bicyclic) bond motifs is 2. The summed E-state index contributed by atoms with van der Waals surface area (Å²) >= 11 is 0. The molecule has 3 aliphatic rings. The number of hydrogen-bond acceptors (Lipinski definition) is 3. The smallest absolute Gasteiger partial charge is 0.137 e. The molecule has 3 fully saturated rings. The highest BCUT2D eigenvalue weighted by atomic mass is 16.5. The second kappa shape index (κ2) is 3.49. The average molecular weight is 205 g/mol. The molecule has 2 saturated heterocycles. The summed E-state index contributed by atoms with van der Waals surface area (Å²) in [5, 5.41) is 0. The first kappa shape index (κ1) is 9.16. The lowest BCUT2D eigenvalue weighted by atomic mass is 9.63. The topological polar surface area (TPSA) is 31.4 Å². The van der Waals surface area contributed by atoms with Crippen molar-refractivity contribution in [3.8, 4) is 5.75 Å². The molecule has 1 aliphatic carbocycles. The van der Waals surface area contributed by atoms with Gasteiger partial charge in [0.2, 0.25) is 0 Å². The van der Waals surface area contributed by atoms with Gasteiger partial charge in [0.25, 0.3) is 0 Å². The number of nitrogens with zero attached hydrogens (tertiary/aromatic N) is 1. The monoisotopic (exact) mass is 205 g/mol. The summed E-state index contributed by atoms with van der Waals surface area (Å²) in [5.74, 6) is 0.877. The molecular formula is C12H15NO2. The van der Waals surface area contributed by atoms with Gasteiger partial charge in [0.15, 0.2) is 0 Å². The maximum Gasteiger partial charge on any atom is 0.137 e. The Kier molecular flexibility index (Phi) is 2.13. The molecule has 3 heteroatoms. The Labute approximate surface area is 89.4 Å². The molecule has 0 amide bonds. The second-order valence-corrected chi connectivity index (χ2v) is 4.63. The molecule has 2 aliphatic heterocycles. The number of hydrogen-bond donors (Lipinski definition) is 0. The Morgan fingerprint density at radius 1 is 1.53 bits per heavy atom. The van der Waals surface area contributed by atoms with E-state index in [0.717, 1.165) is 25.4 Å². The fourth-order valence-electron chi connectivity index (χ4n) is 2.53. The summed E-state index contributed by atoms with van der Waals surface area (Å²) in [6, 6.07) is 3.86. The maximum absolute atomic E-state index is 5.77. The van der Waals surface area contributed by atoms with Crippen LogP contribution in [0.25, 0.3) is 0 Å². The molecule has 0 N–H and O–H groups in total. The van der Waals surface area contributed by atoms with Crippen LogP contribution in [-0.2, 0) is 4.74 Å². The SMILES string of the molecule is c1cncc(OCC23CCOC(C2)C3)c1. The zero-order valence-corrected chi connectivity index (χ0v) is 8.69. The van der Waals surface area contributed by atoms with Gasteiger partial charge in [-0.15, -0.1) is 0 Å². The first-order valence-electron chi connectivity index (χ1n) is 5.51. The predicted molar refractivity (Wildman–Crippen MR) is 55.8 cm³/mol. The van der Waals surface area contributed by atoms with E-state index in [-0.39, 0.29) is 0 Å². The Bertz CT molecular complexity index is 327. The van der Waals surface area contributed by atoms with Crippen LogP contribution in [0, 0.1) is 5.41 Å². The van der Waals surface area contributed by atoms with Gasteiger partial charge in [-0.05, 0) is 31.4 Å². The van der Waals surface area contributed by atoms with Gasteiger partial charge in [0, 0.05) is 18.2 Å². The minimum atomic E-state index is 0.402. The summed E-state index contributed by atoms with van der Waals surface area (Å²) in [5.41, 5.74) is 0.402. The lowest BCUT2D eigenvalue weighted by Crippen LogP contribution is -2.51. The van der Waals surface area contributed by atoms with E-state index in [0.29, 0.717) is 11.5 Å². The van der Waals surface area contributed by atoms with Crippen molar-refractivity contribution < 1.29 is 9.47 Å². The van der Waals surface area contributed by atoms with Gasteiger partial charge in [0.1, 0.15) is 5.75 Å². The Morgan fingerprint density at radius 2 is 2.47 bits per heavy atom. The van der Waals surface area contributed by atoms with Gasteiger partial charge in [-0.25, -0.2) is 0 Å². The zero-order valence-electron chi connectivity index (χ0n) is 8.69. The molecule has 3 nitrogen and oxygen atoms in total. The van der Waals surface area contributed by atoms with Crippen molar-refractivity contribution in [2.75, 3.05) is 13.2 Å². The van der Waals surface area contributed by atoms with E-state index in [1.165, 1.54) is 12.8 Å². The average Bonchev–Trinajstić information content (AvgIpc) is 2.28. The van der Waals surface area contributed by atoms with E-state index < -0.39 is 0 Å². The first-order valence-corrected chi connectivity index (χ1v) is 5.51. The minimum absolute atomic E-state index is 0.402. The number of pyridine rings is 1. The van der Waals surface area contributed by atoms with Crippen LogP contribution >= 0.6 is 0 Å². The fourth-order valence-corrected chi connectivity index (χ4v) is 2.53. The van der Waals surface area contributed by atoms with Crippen molar-refractivity contribution in [3.05, 3.63) is 24.5 Å². The summed E-state index contributed by atoms with van der Waals surface area (Å²) in [7, 11) is 0. The van der Waals surface area contributed by atoms with Crippen LogP contribution in [0.15, 0.2) is 24.5 Å². The Balaban J connectivity index is 1.58. The van der Waals surface area contributed by atoms with Gasteiger partial charge in [0.05, 0.1) is 18.9 Å². The van der Waals surface area contributed by atoms with Crippen LogP contribution in [0.4, 0.5) is 0 Å². The molecule has 80 valence electrons. The van der Waals surface area contributed by atoms with Gasteiger partial charge < -0.3 is 9.47 Å². The fraction of sp³-hybridized carbons (Fsp3) is 0.583. The Hall–Kier alpha value is -1.09. The molecule has 15 heavy (non-hydrogen) atoms. The maximum atomic E-state index is 5.77. The van der Waals surface area contributed by atoms with Crippen molar-refractivity contribution in [1.82, 2.24) is 4.98 Å². The second-order valence-electron chi connectivity index (χ2n) is 4.63. The van der Waals surface area contributed by atoms with Gasteiger partial charge in [-0.1, -0.05) is 0 Å². The molecule has 1 saturated carbocycles. The third-order valence-corrected chi connectivity index (χ3v) is 3.49. The summed E-state index contributed by atoms with van der Waals surface area (Å²) in [6.07, 6.45) is 7.53. The van der Waals surface area contributed by atoms with E-state index in [2.05, 4.69) is 4.98 Å². The normalized spacial score (nSPS) is 33.2. The molecule has 0 radical (unpaired) electrons. The molecule has 0 unspecified atom stereocenters. The molecule has 3 heterocycles. The standard InChI is InChI=1S/C12H15NO2/c1-2-10(8-13-4-1)15-9-12-3-5-14-11(6-12)7-12/h1-2,4,8,11H,3,5-7,9H2. The molecule has 0 spiro atoms. The lowest BCUT2D eigenvalue weighted by molar-refractivity contribution is -0.160. The van der Waals surface area contributed by atoms with Crippen LogP contribution in [-0.4, -0.2) is 24.3 Å². The molecule has 4 rings (SSSR count). The van der Waals surface area contributed by atoms with Crippen LogP contribution in [0.3, 0.4) is 0 Å². The van der Waals surface area contributed by atoms with Crippen LogP contribution in [0.5, 0.6) is 5.75 Å². The molecular weight excluding hydrogens is 190 g/mol. The third-order valence-electron chi connectivity index (χ3n) is 3.49. The van der Waals surface area contributed by atoms with Gasteiger partial charge in [-0.3, -0.25) is 4.98 Å². The van der Waals surface area contributed by atoms with Crippen molar-refractivity contribution in [1.29, 1.82) is 0 Å². The molecule has 1 aromatic rings. The van der Waals surface area contributed by atoms with E-state index in [1.54, 1.807) is 12.4 Å². The summed E-state index contributed by atoms with van der Waals surface area (Å²) in [4.78, 5) is 4.03. The van der Waals surface area contributed by atoms with Gasteiger partial charge in [-0.2, -0.15) is 0 Å². The van der Waals surface area contributed by atoms with Crippen LogP contribution < -0.4 is 4.74 Å². The zero-order chi connectivity index (χ0) is 10.1. The highest BCUT2D eigenvalue weighted by Crippen LogP contribution is 2.49. The number of ether oxygens (including phenoxy) is 2. The first-order chi connectivity index (χ1) is 7.36. The quantitative estimate of drug-likeness (QED) is 0.756. The largest absolute Gasteiger partial charge is 0.491 e. The lowest BCUT2D eigenvalue weighted by Gasteiger charge is -2.51. The van der Waals surface area contributed by atoms with Crippen molar-refractivity contribution >= 4 is 0 Å². The van der Waals surface area contributed by atoms with Crippen LogP contribution in [0.2, 0.25) is 0 Å². The van der Waals surface area contributed by atoms with Crippen molar-refractivity contribution in [2.24, 2.45) is 5.41 Å².